The van der Waals surface area contributed by atoms with Crippen LogP contribution in [0.25, 0.3) is 0 Å². The summed E-state index contributed by atoms with van der Waals surface area (Å²) in [6.07, 6.45) is 4.38. The van der Waals surface area contributed by atoms with E-state index in [2.05, 4.69) is 40.3 Å². The third-order valence-corrected chi connectivity index (χ3v) is 6.10. The normalized spacial score (nSPS) is 26.8. The summed E-state index contributed by atoms with van der Waals surface area (Å²) in [6, 6.07) is 10.7. The predicted molar refractivity (Wildman–Crippen MR) is 100 cm³/mol. The van der Waals surface area contributed by atoms with Gasteiger partial charge in [-0.05, 0) is 56.2 Å². The molecule has 4 heterocycles. The number of thiocarbonyl (C=S) groups is 1. The van der Waals surface area contributed by atoms with Crippen molar-refractivity contribution in [3.05, 3.63) is 52.0 Å². The lowest BCUT2D eigenvalue weighted by atomic mass is 10.0. The summed E-state index contributed by atoms with van der Waals surface area (Å²) in [5.74, 6) is 0. The molecule has 0 bridgehead atoms. The molecule has 24 heavy (non-hydrogen) atoms. The number of hydrogen-bond donors (Lipinski definition) is 1. The standard InChI is InChI=1S/C18H21N3OS2/c1-12-7-8-15(24-12)17-16(14-6-2-3-9-19-14)20-18(23)21(17)11-13-5-4-10-22-13/h2-3,6-9,13,16-17H,4-5,10-11H2,1H3,(H,20,23)/t13-,16-,17-/m0/s1. The van der Waals surface area contributed by atoms with Crippen LogP contribution in [-0.4, -0.2) is 34.3 Å². The average molecular weight is 360 g/mol. The first-order chi connectivity index (χ1) is 11.7. The molecule has 4 rings (SSSR count). The van der Waals surface area contributed by atoms with Crippen LogP contribution in [0.3, 0.4) is 0 Å². The van der Waals surface area contributed by atoms with Gasteiger partial charge in [-0.1, -0.05) is 6.07 Å². The molecule has 2 aromatic rings. The molecular formula is C18H21N3OS2. The summed E-state index contributed by atoms with van der Waals surface area (Å²) in [7, 11) is 0. The summed E-state index contributed by atoms with van der Waals surface area (Å²) >= 11 is 7.51. The van der Waals surface area contributed by atoms with Gasteiger partial charge < -0.3 is 15.0 Å². The number of hydrogen-bond acceptors (Lipinski definition) is 4. The van der Waals surface area contributed by atoms with Crippen molar-refractivity contribution in [2.24, 2.45) is 0 Å². The number of pyridine rings is 1. The lowest BCUT2D eigenvalue weighted by Crippen LogP contribution is -2.36. The average Bonchev–Trinajstić information content (AvgIpc) is 3.31. The Balaban J connectivity index is 1.67. The molecule has 0 saturated carbocycles. The number of nitrogens with zero attached hydrogens (tertiary/aromatic N) is 2. The summed E-state index contributed by atoms with van der Waals surface area (Å²) < 4.78 is 5.85. The fourth-order valence-electron chi connectivity index (χ4n) is 3.53. The third kappa shape index (κ3) is 3.06. The van der Waals surface area contributed by atoms with Crippen LogP contribution < -0.4 is 5.32 Å². The molecule has 3 atom stereocenters. The second kappa shape index (κ2) is 6.78. The maximum atomic E-state index is 5.85. The SMILES string of the molecule is Cc1ccc([C@H]2[C@H](c3ccccn3)NC(=S)N2C[C@@H]2CCCO2)s1. The zero-order valence-electron chi connectivity index (χ0n) is 13.6. The Morgan fingerprint density at radius 3 is 2.96 bits per heavy atom. The Hall–Kier alpha value is -1.50. The van der Waals surface area contributed by atoms with E-state index >= 15 is 0 Å². The molecule has 6 heteroatoms. The van der Waals surface area contributed by atoms with E-state index in [0.29, 0.717) is 0 Å². The molecule has 0 spiro atoms. The minimum Gasteiger partial charge on any atom is -0.376 e. The van der Waals surface area contributed by atoms with Gasteiger partial charge >= 0.3 is 0 Å². The van der Waals surface area contributed by atoms with Crippen molar-refractivity contribution in [1.29, 1.82) is 0 Å². The van der Waals surface area contributed by atoms with Crippen LogP contribution in [0.15, 0.2) is 36.5 Å². The summed E-state index contributed by atoms with van der Waals surface area (Å²) in [6.45, 7) is 3.86. The maximum absolute atomic E-state index is 5.85. The molecule has 2 fully saturated rings. The quantitative estimate of drug-likeness (QED) is 0.844. The van der Waals surface area contributed by atoms with Crippen LogP contribution in [0.4, 0.5) is 0 Å². The first kappa shape index (κ1) is 16.0. The van der Waals surface area contributed by atoms with Gasteiger partial charge in [-0.3, -0.25) is 4.98 Å². The highest BCUT2D eigenvalue weighted by Crippen LogP contribution is 2.41. The van der Waals surface area contributed by atoms with E-state index in [0.717, 1.165) is 36.8 Å². The number of thiophene rings is 1. The van der Waals surface area contributed by atoms with E-state index in [1.165, 1.54) is 9.75 Å². The van der Waals surface area contributed by atoms with E-state index in [1.54, 1.807) is 0 Å². The van der Waals surface area contributed by atoms with Crippen molar-refractivity contribution in [3.8, 4) is 0 Å². The molecular weight excluding hydrogens is 338 g/mol. The second-order valence-electron chi connectivity index (χ2n) is 6.36. The largest absolute Gasteiger partial charge is 0.376 e. The van der Waals surface area contributed by atoms with Gasteiger partial charge in [0.15, 0.2) is 5.11 Å². The third-order valence-electron chi connectivity index (χ3n) is 4.67. The number of aromatic nitrogens is 1. The van der Waals surface area contributed by atoms with Gasteiger partial charge in [0, 0.05) is 29.1 Å². The van der Waals surface area contributed by atoms with Crippen LogP contribution >= 0.6 is 23.6 Å². The van der Waals surface area contributed by atoms with Gasteiger partial charge in [-0.2, -0.15) is 0 Å². The van der Waals surface area contributed by atoms with Gasteiger partial charge in [0.25, 0.3) is 0 Å². The van der Waals surface area contributed by atoms with Crippen molar-refractivity contribution < 1.29 is 4.74 Å². The first-order valence-electron chi connectivity index (χ1n) is 8.38. The maximum Gasteiger partial charge on any atom is 0.170 e. The number of aryl methyl sites for hydroxylation is 1. The predicted octanol–water partition coefficient (Wildman–Crippen LogP) is 3.60. The van der Waals surface area contributed by atoms with Crippen LogP contribution in [0.2, 0.25) is 0 Å². The number of rotatable bonds is 4. The van der Waals surface area contributed by atoms with Crippen LogP contribution in [0.5, 0.6) is 0 Å². The molecule has 4 nitrogen and oxygen atoms in total. The van der Waals surface area contributed by atoms with E-state index in [-0.39, 0.29) is 18.2 Å². The highest BCUT2D eigenvalue weighted by atomic mass is 32.1. The van der Waals surface area contributed by atoms with Gasteiger partial charge in [-0.25, -0.2) is 0 Å². The molecule has 2 saturated heterocycles. The van der Waals surface area contributed by atoms with Crippen LogP contribution in [-0.2, 0) is 4.74 Å². The summed E-state index contributed by atoms with van der Waals surface area (Å²) in [4.78, 5) is 9.52. The Morgan fingerprint density at radius 1 is 1.38 bits per heavy atom. The first-order valence-corrected chi connectivity index (χ1v) is 9.61. The zero-order chi connectivity index (χ0) is 16.5. The van der Waals surface area contributed by atoms with E-state index in [4.69, 9.17) is 17.0 Å². The molecule has 0 amide bonds. The highest BCUT2D eigenvalue weighted by Gasteiger charge is 2.41. The lowest BCUT2D eigenvalue weighted by molar-refractivity contribution is 0.0846. The Kier molecular flexibility index (Phi) is 4.52. The highest BCUT2D eigenvalue weighted by molar-refractivity contribution is 7.80. The minimum absolute atomic E-state index is 0.0816. The fraction of sp³-hybridized carbons (Fsp3) is 0.444. The van der Waals surface area contributed by atoms with Crippen molar-refractivity contribution in [1.82, 2.24) is 15.2 Å². The monoisotopic (exact) mass is 359 g/mol. The molecule has 0 aliphatic carbocycles. The Labute approximate surface area is 151 Å². The molecule has 2 aliphatic heterocycles. The molecule has 2 aliphatic rings. The van der Waals surface area contributed by atoms with Gasteiger partial charge in [-0.15, -0.1) is 11.3 Å². The fourth-order valence-corrected chi connectivity index (χ4v) is 4.87. The second-order valence-corrected chi connectivity index (χ2v) is 8.07. The van der Waals surface area contributed by atoms with Crippen LogP contribution in [0, 0.1) is 6.92 Å². The van der Waals surface area contributed by atoms with E-state index < -0.39 is 0 Å². The molecule has 0 radical (unpaired) electrons. The van der Waals surface area contributed by atoms with E-state index in [9.17, 15) is 0 Å². The number of nitrogens with one attached hydrogen (secondary N) is 1. The smallest absolute Gasteiger partial charge is 0.170 e. The number of ether oxygens (including phenoxy) is 1. The minimum atomic E-state index is 0.0816. The topological polar surface area (TPSA) is 37.4 Å². The molecule has 2 aromatic heterocycles. The summed E-state index contributed by atoms with van der Waals surface area (Å²) in [5, 5.41) is 4.30. The zero-order valence-corrected chi connectivity index (χ0v) is 15.3. The van der Waals surface area contributed by atoms with Gasteiger partial charge in [0.2, 0.25) is 0 Å². The van der Waals surface area contributed by atoms with Crippen molar-refractivity contribution in [2.75, 3.05) is 13.2 Å². The van der Waals surface area contributed by atoms with Crippen molar-refractivity contribution >= 4 is 28.7 Å². The van der Waals surface area contributed by atoms with Crippen molar-refractivity contribution in [2.45, 2.75) is 38.0 Å². The molecule has 1 N–H and O–H groups in total. The van der Waals surface area contributed by atoms with Crippen molar-refractivity contribution in [3.63, 3.8) is 0 Å². The van der Waals surface area contributed by atoms with Crippen LogP contribution in [0.1, 0.15) is 40.4 Å². The Bertz CT molecular complexity index is 712. The van der Waals surface area contributed by atoms with Gasteiger partial charge in [0.1, 0.15) is 0 Å². The van der Waals surface area contributed by atoms with Gasteiger partial charge in [0.05, 0.1) is 23.9 Å². The molecule has 126 valence electrons. The Morgan fingerprint density at radius 2 is 2.29 bits per heavy atom. The summed E-state index contributed by atoms with van der Waals surface area (Å²) in [5.41, 5.74) is 1.03. The lowest BCUT2D eigenvalue weighted by Gasteiger charge is -2.28. The molecule has 0 aromatic carbocycles. The van der Waals surface area contributed by atoms with E-state index in [1.807, 2.05) is 29.7 Å². The molecule has 0 unspecified atom stereocenters.